The number of fused-ring (bicyclic) bond motifs is 1. The maximum atomic E-state index is 13.2. The van der Waals surface area contributed by atoms with Gasteiger partial charge < -0.3 is 4.52 Å². The highest BCUT2D eigenvalue weighted by Crippen LogP contribution is 2.37. The Kier molecular flexibility index (Phi) is 5.38. The third-order valence-corrected chi connectivity index (χ3v) is 7.13. The van der Waals surface area contributed by atoms with Gasteiger partial charge in [-0.1, -0.05) is 11.2 Å². The molecule has 9 nitrogen and oxygen atoms in total. The van der Waals surface area contributed by atoms with Crippen LogP contribution in [0.5, 0.6) is 0 Å². The van der Waals surface area contributed by atoms with E-state index < -0.39 is 46.1 Å². The molecule has 166 valence electrons. The summed E-state index contributed by atoms with van der Waals surface area (Å²) in [4.78, 5) is 26.8. The largest absolute Gasteiger partial charge is 0.501 e. The number of halogens is 2. The van der Waals surface area contributed by atoms with Crippen molar-refractivity contribution in [2.75, 3.05) is 19.9 Å². The van der Waals surface area contributed by atoms with E-state index in [1.165, 1.54) is 18.2 Å². The molecule has 1 aliphatic heterocycles. The smallest absolute Gasteiger partial charge is 0.357 e. The van der Waals surface area contributed by atoms with Gasteiger partial charge in [-0.15, -0.1) is 4.90 Å². The molecule has 3 amide bonds. The quantitative estimate of drug-likeness (QED) is 0.589. The number of alkyl halides is 2. The number of sulfonamides is 1. The fraction of sp³-hybridized carbons (Fsp3) is 0.474. The summed E-state index contributed by atoms with van der Waals surface area (Å²) < 4.78 is 60.4. The molecular formula is C19H21F2N4O5S+. The summed E-state index contributed by atoms with van der Waals surface area (Å²) in [5.41, 5.74) is -0.459. The Morgan fingerprint density at radius 3 is 2.68 bits per heavy atom. The highest BCUT2D eigenvalue weighted by Gasteiger charge is 2.49. The van der Waals surface area contributed by atoms with Gasteiger partial charge in [0.2, 0.25) is 10.0 Å². The summed E-state index contributed by atoms with van der Waals surface area (Å²) in [7, 11) is -4.02. The zero-order valence-corrected chi connectivity index (χ0v) is 17.5. The molecule has 0 spiro atoms. The summed E-state index contributed by atoms with van der Waals surface area (Å²) in [6.07, 6.45) is 4.60. The zero-order valence-electron chi connectivity index (χ0n) is 16.7. The minimum Gasteiger partial charge on any atom is -0.357 e. The maximum absolute atomic E-state index is 13.2. The van der Waals surface area contributed by atoms with Gasteiger partial charge in [0.25, 0.3) is 0 Å². The van der Waals surface area contributed by atoms with E-state index in [1.807, 2.05) is 0 Å². The second-order valence-electron chi connectivity index (χ2n) is 7.80. The lowest BCUT2D eigenvalue weighted by molar-refractivity contribution is -0.437. The molecule has 2 heterocycles. The predicted octanol–water partition coefficient (Wildman–Crippen LogP) is 1.15. The van der Waals surface area contributed by atoms with Gasteiger partial charge >= 0.3 is 11.9 Å². The first-order valence-corrected chi connectivity index (χ1v) is 11.2. The van der Waals surface area contributed by atoms with Crippen molar-refractivity contribution in [1.29, 1.82) is 0 Å². The number of hydrogen-bond donors (Lipinski definition) is 1. The number of carbonyl (C=O) groups is 2. The molecule has 1 saturated carbocycles. The molecule has 0 bridgehead atoms. The fourth-order valence-electron chi connectivity index (χ4n) is 3.54. The fourth-order valence-corrected chi connectivity index (χ4v) is 5.14. The van der Waals surface area contributed by atoms with Crippen molar-refractivity contribution in [2.45, 2.75) is 37.1 Å². The minimum absolute atomic E-state index is 0.0488. The monoisotopic (exact) mass is 455 g/mol. The van der Waals surface area contributed by atoms with Gasteiger partial charge in [-0.05, 0) is 31.9 Å². The molecule has 1 aromatic rings. The van der Waals surface area contributed by atoms with Crippen LogP contribution in [0.25, 0.3) is 0 Å². The number of amides is 3. The van der Waals surface area contributed by atoms with Crippen molar-refractivity contribution >= 4 is 27.7 Å². The molecule has 1 aromatic heterocycles. The Labute approximate surface area is 177 Å². The maximum Gasteiger partial charge on any atom is 0.501 e. The van der Waals surface area contributed by atoms with Crippen molar-refractivity contribution in [1.82, 2.24) is 14.8 Å². The van der Waals surface area contributed by atoms with Crippen LogP contribution in [0.15, 0.2) is 34.4 Å². The first-order valence-electron chi connectivity index (χ1n) is 9.67. The highest BCUT2D eigenvalue weighted by molar-refractivity contribution is 7.90. The second kappa shape index (κ2) is 7.75. The number of aromatic nitrogens is 1. The summed E-state index contributed by atoms with van der Waals surface area (Å²) in [5, 5.41) is 2.47. The Balaban J connectivity index is 1.69. The van der Waals surface area contributed by atoms with Gasteiger partial charge in [0.15, 0.2) is 12.3 Å². The van der Waals surface area contributed by atoms with E-state index >= 15 is 0 Å². The van der Waals surface area contributed by atoms with Gasteiger partial charge in [0, 0.05) is 6.07 Å². The summed E-state index contributed by atoms with van der Waals surface area (Å²) in [5.74, 6) is -0.486. The van der Waals surface area contributed by atoms with Gasteiger partial charge in [-0.3, -0.25) is 0 Å². The summed E-state index contributed by atoms with van der Waals surface area (Å²) in [6.45, 7) is -0.554. The Hall–Kier alpha value is -2.73. The van der Waals surface area contributed by atoms with Crippen LogP contribution >= 0.6 is 0 Å². The molecule has 1 unspecified atom stereocenters. The van der Waals surface area contributed by atoms with Gasteiger partial charge in [0.05, 0.1) is 11.2 Å². The molecule has 3 aliphatic rings. The van der Waals surface area contributed by atoms with Crippen LogP contribution in [-0.4, -0.2) is 71.4 Å². The lowest BCUT2D eigenvalue weighted by Gasteiger charge is -2.26. The number of rotatable bonds is 8. The first kappa shape index (κ1) is 21.5. The molecule has 12 heteroatoms. The SMILES string of the molecule is Cc1cc(CN2C(=O)C3=CC(S(=O)(=O)NC4(CF)CC4)C=CC3=[N+](CCF)C2=O)on1. The average molecular weight is 455 g/mol. The molecule has 1 atom stereocenters. The van der Waals surface area contributed by atoms with Crippen LogP contribution in [-0.2, 0) is 21.4 Å². The van der Waals surface area contributed by atoms with Crippen LogP contribution in [0.2, 0.25) is 0 Å². The molecule has 1 fully saturated rings. The number of aryl methyl sites for hydroxylation is 1. The minimum atomic E-state index is -4.02. The molecule has 1 N–H and O–H groups in total. The van der Waals surface area contributed by atoms with E-state index in [-0.39, 0.29) is 30.1 Å². The topological polar surface area (TPSA) is 113 Å². The molecule has 4 rings (SSSR count). The van der Waals surface area contributed by atoms with E-state index in [2.05, 4.69) is 9.88 Å². The molecule has 0 saturated heterocycles. The lowest BCUT2D eigenvalue weighted by atomic mass is 9.99. The molecule has 0 radical (unpaired) electrons. The van der Waals surface area contributed by atoms with Crippen molar-refractivity contribution < 1.29 is 35.9 Å². The number of hydrogen-bond acceptors (Lipinski definition) is 6. The van der Waals surface area contributed by atoms with Crippen molar-refractivity contribution in [3.63, 3.8) is 0 Å². The van der Waals surface area contributed by atoms with E-state index in [1.54, 1.807) is 13.0 Å². The number of allylic oxidation sites excluding steroid dienone is 1. The number of nitrogens with one attached hydrogen (secondary N) is 1. The summed E-state index contributed by atoms with van der Waals surface area (Å²) in [6, 6.07) is 0.805. The number of imide groups is 1. The second-order valence-corrected chi connectivity index (χ2v) is 9.64. The van der Waals surface area contributed by atoms with Crippen molar-refractivity contribution in [3.8, 4) is 0 Å². The van der Waals surface area contributed by atoms with Crippen LogP contribution in [0.1, 0.15) is 24.3 Å². The van der Waals surface area contributed by atoms with E-state index in [9.17, 15) is 26.8 Å². The van der Waals surface area contributed by atoms with Crippen LogP contribution in [0.4, 0.5) is 13.6 Å². The molecule has 2 aliphatic carbocycles. The van der Waals surface area contributed by atoms with E-state index in [0.717, 1.165) is 9.48 Å². The van der Waals surface area contributed by atoms with Crippen molar-refractivity contribution in [2.24, 2.45) is 0 Å². The van der Waals surface area contributed by atoms with Gasteiger partial charge in [0.1, 0.15) is 36.4 Å². The van der Waals surface area contributed by atoms with Crippen LogP contribution in [0, 0.1) is 6.92 Å². The third-order valence-electron chi connectivity index (χ3n) is 5.40. The number of carbonyl (C=O) groups excluding carboxylic acids is 2. The van der Waals surface area contributed by atoms with Crippen LogP contribution < -0.4 is 4.72 Å². The molecule has 0 aromatic carbocycles. The molecular weight excluding hydrogens is 434 g/mol. The van der Waals surface area contributed by atoms with E-state index in [4.69, 9.17) is 4.52 Å². The predicted molar refractivity (Wildman–Crippen MR) is 104 cm³/mol. The zero-order chi connectivity index (χ0) is 22.4. The number of nitrogens with zero attached hydrogens (tertiary/aromatic N) is 3. The normalized spacial score (nSPS) is 22.6. The number of urea groups is 1. The Morgan fingerprint density at radius 2 is 2.10 bits per heavy atom. The van der Waals surface area contributed by atoms with Gasteiger partial charge in [-0.2, -0.15) is 9.37 Å². The van der Waals surface area contributed by atoms with Gasteiger partial charge in [-0.25, -0.2) is 26.7 Å². The summed E-state index contributed by atoms with van der Waals surface area (Å²) >= 11 is 0. The van der Waals surface area contributed by atoms with Crippen LogP contribution in [0.3, 0.4) is 0 Å². The van der Waals surface area contributed by atoms with Crippen molar-refractivity contribution in [3.05, 3.63) is 41.3 Å². The molecule has 31 heavy (non-hydrogen) atoms. The average Bonchev–Trinajstić information content (AvgIpc) is 3.38. The first-order chi connectivity index (χ1) is 14.7. The highest BCUT2D eigenvalue weighted by atomic mass is 32.2. The van der Waals surface area contributed by atoms with E-state index in [0.29, 0.717) is 18.5 Å². The Bertz CT molecular complexity index is 1130. The standard InChI is InChI=1S/C19H21F2N4O5S/c1-12-8-13(30-22-12)10-25-17(26)15-9-14(31(28,29)23-19(11-21)4-5-19)2-3-16(15)24(7-6-20)18(25)27/h2-3,8-9,14,23H,4-7,10-11H2,1H3/q+1. The third kappa shape index (κ3) is 3.97. The Morgan fingerprint density at radius 1 is 1.35 bits per heavy atom. The lowest BCUT2D eigenvalue weighted by Crippen LogP contribution is -2.52.